The second kappa shape index (κ2) is 7.07. The van der Waals surface area contributed by atoms with Gasteiger partial charge in [-0.05, 0) is 37.8 Å². The molecule has 0 atom stereocenters. The van der Waals surface area contributed by atoms with Crippen LogP contribution in [0.4, 0.5) is 0 Å². The molecule has 1 amide bonds. The molecule has 1 aromatic heterocycles. The van der Waals surface area contributed by atoms with Crippen LogP contribution in [0, 0.1) is 5.92 Å². The first-order valence-corrected chi connectivity index (χ1v) is 8.63. The molecule has 1 fully saturated rings. The number of fused-ring (bicyclic) bond motifs is 1. The smallest absolute Gasteiger partial charge is 0.260 e. The zero-order chi connectivity index (χ0) is 17.1. The third kappa shape index (κ3) is 3.30. The molecule has 0 bridgehead atoms. The molecule has 0 unspecified atom stereocenters. The van der Waals surface area contributed by atoms with Crippen molar-refractivity contribution in [1.82, 2.24) is 9.47 Å². The minimum atomic E-state index is -0.106. The highest BCUT2D eigenvalue weighted by Gasteiger charge is 2.21. The highest BCUT2D eigenvalue weighted by atomic mass is 16.5. The minimum absolute atomic E-state index is 0.00866. The lowest BCUT2D eigenvalue weighted by Gasteiger charge is -2.30. The average Bonchev–Trinajstić information content (AvgIpc) is 2.60. The van der Waals surface area contributed by atoms with Gasteiger partial charge in [-0.2, -0.15) is 0 Å². The van der Waals surface area contributed by atoms with E-state index in [1.807, 2.05) is 36.1 Å². The number of hydrogen-bond acceptors (Lipinski definition) is 3. The Morgan fingerprint density at radius 3 is 2.67 bits per heavy atom. The largest absolute Gasteiger partial charge is 0.483 e. The van der Waals surface area contributed by atoms with Gasteiger partial charge in [-0.15, -0.1) is 0 Å². The van der Waals surface area contributed by atoms with Crippen molar-refractivity contribution in [3.05, 3.63) is 40.7 Å². The molecule has 1 aliphatic heterocycles. The number of amides is 1. The number of pyridine rings is 1. The molecule has 24 heavy (non-hydrogen) atoms. The van der Waals surface area contributed by atoms with Gasteiger partial charge in [0, 0.05) is 31.1 Å². The van der Waals surface area contributed by atoms with E-state index in [2.05, 4.69) is 6.92 Å². The van der Waals surface area contributed by atoms with Gasteiger partial charge in [0.15, 0.2) is 6.61 Å². The van der Waals surface area contributed by atoms with Crippen LogP contribution in [0.25, 0.3) is 10.9 Å². The number of hydrogen-bond donors (Lipinski definition) is 0. The van der Waals surface area contributed by atoms with Gasteiger partial charge in [-0.1, -0.05) is 19.1 Å². The highest BCUT2D eigenvalue weighted by Crippen LogP contribution is 2.24. The SMILES string of the molecule is CCn1c(=O)cc(OCC(=O)N2CCC(C)CC2)c2ccccc21. The Labute approximate surface area is 141 Å². The van der Waals surface area contributed by atoms with Crippen LogP contribution in [-0.2, 0) is 11.3 Å². The number of piperidine rings is 1. The van der Waals surface area contributed by atoms with Gasteiger partial charge in [0.25, 0.3) is 11.5 Å². The fourth-order valence-corrected chi connectivity index (χ4v) is 3.24. The van der Waals surface area contributed by atoms with Gasteiger partial charge in [-0.3, -0.25) is 9.59 Å². The van der Waals surface area contributed by atoms with E-state index in [1.54, 1.807) is 4.57 Å². The quantitative estimate of drug-likeness (QED) is 0.867. The van der Waals surface area contributed by atoms with E-state index in [4.69, 9.17) is 4.74 Å². The summed E-state index contributed by atoms with van der Waals surface area (Å²) in [5, 5.41) is 0.860. The molecule has 0 spiro atoms. The molecule has 1 saturated heterocycles. The van der Waals surface area contributed by atoms with Gasteiger partial charge < -0.3 is 14.2 Å². The number of nitrogens with zero attached hydrogens (tertiary/aromatic N) is 2. The fraction of sp³-hybridized carbons (Fsp3) is 0.474. The predicted molar refractivity (Wildman–Crippen MR) is 94.4 cm³/mol. The molecule has 2 aromatic rings. The van der Waals surface area contributed by atoms with E-state index < -0.39 is 0 Å². The molecule has 0 saturated carbocycles. The molecule has 5 nitrogen and oxygen atoms in total. The molecule has 128 valence electrons. The van der Waals surface area contributed by atoms with Gasteiger partial charge >= 0.3 is 0 Å². The summed E-state index contributed by atoms with van der Waals surface area (Å²) in [6.45, 7) is 6.32. The summed E-state index contributed by atoms with van der Waals surface area (Å²) in [4.78, 5) is 26.5. The average molecular weight is 328 g/mol. The number of carbonyl (C=O) groups excluding carboxylic acids is 1. The summed E-state index contributed by atoms with van der Waals surface area (Å²) in [5.74, 6) is 1.16. The molecule has 0 aliphatic carbocycles. The highest BCUT2D eigenvalue weighted by molar-refractivity contribution is 5.86. The van der Waals surface area contributed by atoms with E-state index >= 15 is 0 Å². The van der Waals surface area contributed by atoms with E-state index in [0.29, 0.717) is 18.2 Å². The van der Waals surface area contributed by atoms with E-state index in [1.165, 1.54) is 6.07 Å². The summed E-state index contributed by atoms with van der Waals surface area (Å²) in [5.41, 5.74) is 0.729. The van der Waals surface area contributed by atoms with Crippen LogP contribution >= 0.6 is 0 Å². The number of para-hydroxylation sites is 1. The fourth-order valence-electron chi connectivity index (χ4n) is 3.24. The molecule has 3 rings (SSSR count). The van der Waals surface area contributed by atoms with Crippen LogP contribution < -0.4 is 10.3 Å². The second-order valence-electron chi connectivity index (χ2n) is 6.46. The Morgan fingerprint density at radius 2 is 1.96 bits per heavy atom. The van der Waals surface area contributed by atoms with Crippen LogP contribution in [0.3, 0.4) is 0 Å². The number of rotatable bonds is 4. The van der Waals surface area contributed by atoms with Crippen LogP contribution in [0.5, 0.6) is 5.75 Å². The first-order chi connectivity index (χ1) is 11.6. The first kappa shape index (κ1) is 16.6. The third-order valence-electron chi connectivity index (χ3n) is 4.78. The number of ether oxygens (including phenoxy) is 1. The van der Waals surface area contributed by atoms with Crippen molar-refractivity contribution in [2.45, 2.75) is 33.2 Å². The lowest BCUT2D eigenvalue weighted by atomic mass is 9.99. The molecule has 0 radical (unpaired) electrons. The standard InChI is InChI=1S/C19H24N2O3/c1-3-21-16-7-5-4-6-15(16)17(12-18(21)22)24-13-19(23)20-10-8-14(2)9-11-20/h4-7,12,14H,3,8-11,13H2,1-2H3. The summed E-state index contributed by atoms with van der Waals surface area (Å²) >= 11 is 0. The Hall–Kier alpha value is -2.30. The number of likely N-dealkylation sites (tertiary alicyclic amines) is 1. The third-order valence-corrected chi connectivity index (χ3v) is 4.78. The predicted octanol–water partition coefficient (Wildman–Crippen LogP) is 2.66. The molecule has 1 aliphatic rings. The normalized spacial score (nSPS) is 15.7. The Kier molecular flexibility index (Phi) is 4.88. The molecule has 5 heteroatoms. The zero-order valence-electron chi connectivity index (χ0n) is 14.3. The topological polar surface area (TPSA) is 51.5 Å². The van der Waals surface area contributed by atoms with Crippen molar-refractivity contribution in [3.63, 3.8) is 0 Å². The lowest BCUT2D eigenvalue weighted by molar-refractivity contribution is -0.134. The van der Waals surface area contributed by atoms with Crippen LogP contribution in [0.1, 0.15) is 26.7 Å². The second-order valence-corrected chi connectivity index (χ2v) is 6.46. The zero-order valence-corrected chi connectivity index (χ0v) is 14.3. The maximum absolute atomic E-state index is 12.3. The monoisotopic (exact) mass is 328 g/mol. The molecular weight excluding hydrogens is 304 g/mol. The Balaban J connectivity index is 1.78. The Bertz CT molecular complexity index is 789. The summed E-state index contributed by atoms with van der Waals surface area (Å²) in [6, 6.07) is 9.12. The van der Waals surface area contributed by atoms with Crippen molar-refractivity contribution in [2.24, 2.45) is 5.92 Å². The van der Waals surface area contributed by atoms with Crippen molar-refractivity contribution >= 4 is 16.8 Å². The van der Waals surface area contributed by atoms with Gasteiger partial charge in [0.05, 0.1) is 5.52 Å². The summed E-state index contributed by atoms with van der Waals surface area (Å²) < 4.78 is 7.44. The van der Waals surface area contributed by atoms with E-state index in [9.17, 15) is 9.59 Å². The maximum atomic E-state index is 12.3. The number of carbonyl (C=O) groups is 1. The van der Waals surface area contributed by atoms with E-state index in [0.717, 1.165) is 36.8 Å². The lowest BCUT2D eigenvalue weighted by Crippen LogP contribution is -2.40. The van der Waals surface area contributed by atoms with E-state index in [-0.39, 0.29) is 18.1 Å². The molecule has 1 aromatic carbocycles. The van der Waals surface area contributed by atoms with Crippen molar-refractivity contribution < 1.29 is 9.53 Å². The van der Waals surface area contributed by atoms with Crippen molar-refractivity contribution in [1.29, 1.82) is 0 Å². The number of aryl methyl sites for hydroxylation is 1. The Morgan fingerprint density at radius 1 is 1.25 bits per heavy atom. The summed E-state index contributed by atoms with van der Waals surface area (Å²) in [7, 11) is 0. The number of benzene rings is 1. The summed E-state index contributed by atoms with van der Waals surface area (Å²) in [6.07, 6.45) is 2.09. The molecule has 2 heterocycles. The first-order valence-electron chi connectivity index (χ1n) is 8.63. The van der Waals surface area contributed by atoms with Crippen LogP contribution in [-0.4, -0.2) is 35.1 Å². The van der Waals surface area contributed by atoms with Crippen molar-refractivity contribution in [3.8, 4) is 5.75 Å². The van der Waals surface area contributed by atoms with Gasteiger partial charge in [0.2, 0.25) is 0 Å². The van der Waals surface area contributed by atoms with Gasteiger partial charge in [-0.25, -0.2) is 0 Å². The van der Waals surface area contributed by atoms with Crippen LogP contribution in [0.2, 0.25) is 0 Å². The maximum Gasteiger partial charge on any atom is 0.260 e. The molecule has 0 N–H and O–H groups in total. The van der Waals surface area contributed by atoms with Gasteiger partial charge in [0.1, 0.15) is 5.75 Å². The molecular formula is C19H24N2O3. The van der Waals surface area contributed by atoms with Crippen LogP contribution in [0.15, 0.2) is 35.1 Å². The van der Waals surface area contributed by atoms with Crippen molar-refractivity contribution in [2.75, 3.05) is 19.7 Å². The number of aromatic nitrogens is 1. The minimum Gasteiger partial charge on any atom is -0.483 e.